The average Bonchev–Trinajstić information content (AvgIpc) is 2.86. The fourth-order valence-corrected chi connectivity index (χ4v) is 3.73. The van der Waals surface area contributed by atoms with Crippen molar-refractivity contribution in [2.75, 3.05) is 44.7 Å². The zero-order valence-corrected chi connectivity index (χ0v) is 14.8. The molecule has 1 aliphatic carbocycles. The maximum Gasteiger partial charge on any atom is 0.225 e. The summed E-state index contributed by atoms with van der Waals surface area (Å²) in [6.07, 6.45) is 9.96. The molecule has 134 valence electrons. The van der Waals surface area contributed by atoms with E-state index in [-0.39, 0.29) is 6.61 Å². The molecule has 1 saturated heterocycles. The van der Waals surface area contributed by atoms with Crippen LogP contribution < -0.4 is 10.2 Å². The molecule has 2 aliphatic rings. The van der Waals surface area contributed by atoms with Gasteiger partial charge in [0.05, 0.1) is 0 Å². The van der Waals surface area contributed by atoms with Crippen LogP contribution in [0.5, 0.6) is 0 Å². The number of aliphatic hydroxyl groups is 1. The van der Waals surface area contributed by atoms with E-state index in [1.807, 2.05) is 12.4 Å². The number of hydrogen-bond donors (Lipinski definition) is 2. The zero-order valence-electron chi connectivity index (χ0n) is 14.8. The van der Waals surface area contributed by atoms with Crippen molar-refractivity contribution in [2.45, 2.75) is 44.7 Å². The van der Waals surface area contributed by atoms with Gasteiger partial charge in [0, 0.05) is 63.3 Å². The van der Waals surface area contributed by atoms with E-state index >= 15 is 0 Å². The fraction of sp³-hybridized carbons (Fsp3) is 0.778. The molecule has 24 heavy (non-hydrogen) atoms. The lowest BCUT2D eigenvalue weighted by atomic mass is 9.95. The molecule has 1 aromatic heterocycles. The minimum absolute atomic E-state index is 0.288. The number of likely N-dealkylation sites (N-methyl/N-ethyl adjacent to an activating group) is 1. The van der Waals surface area contributed by atoms with Crippen molar-refractivity contribution in [3.63, 3.8) is 0 Å². The van der Waals surface area contributed by atoms with E-state index in [4.69, 9.17) is 0 Å². The van der Waals surface area contributed by atoms with Crippen LogP contribution in [0, 0.1) is 5.92 Å². The van der Waals surface area contributed by atoms with Crippen molar-refractivity contribution in [1.82, 2.24) is 20.2 Å². The molecule has 0 amide bonds. The van der Waals surface area contributed by atoms with Gasteiger partial charge in [-0.05, 0) is 25.8 Å². The highest BCUT2D eigenvalue weighted by Crippen LogP contribution is 2.23. The van der Waals surface area contributed by atoms with E-state index in [2.05, 4.69) is 32.1 Å². The lowest BCUT2D eigenvalue weighted by Gasteiger charge is -2.32. The first-order chi connectivity index (χ1) is 11.8. The third-order valence-electron chi connectivity index (χ3n) is 5.44. The summed E-state index contributed by atoms with van der Waals surface area (Å²) in [4.78, 5) is 13.7. The molecule has 0 radical (unpaired) electrons. The van der Waals surface area contributed by atoms with Crippen molar-refractivity contribution >= 4 is 5.95 Å². The monoisotopic (exact) mass is 333 g/mol. The summed E-state index contributed by atoms with van der Waals surface area (Å²) in [6, 6.07) is 0.412. The van der Waals surface area contributed by atoms with Gasteiger partial charge in [-0.25, -0.2) is 9.97 Å². The Morgan fingerprint density at radius 1 is 1.08 bits per heavy atom. The minimum Gasteiger partial charge on any atom is -0.396 e. The van der Waals surface area contributed by atoms with Gasteiger partial charge in [-0.15, -0.1) is 0 Å². The maximum absolute atomic E-state index is 9.61. The first-order valence-corrected chi connectivity index (χ1v) is 9.35. The van der Waals surface area contributed by atoms with Crippen LogP contribution in [-0.2, 0) is 6.54 Å². The van der Waals surface area contributed by atoms with Crippen LogP contribution in [-0.4, -0.2) is 65.8 Å². The lowest BCUT2D eigenvalue weighted by molar-refractivity contribution is 0.181. The zero-order chi connectivity index (χ0) is 16.8. The Labute approximate surface area is 145 Å². The predicted molar refractivity (Wildman–Crippen MR) is 96.0 cm³/mol. The summed E-state index contributed by atoms with van der Waals surface area (Å²) >= 11 is 0. The molecule has 1 aromatic rings. The Kier molecular flexibility index (Phi) is 6.40. The molecule has 0 aromatic carbocycles. The number of hydrogen-bond acceptors (Lipinski definition) is 6. The standard InChI is InChI=1S/C18H31N5O/c1-22-7-9-23(10-8-22)18-20-12-15(13-21-18)11-19-17-6-4-2-3-5-16(17)14-24/h12-13,16-17,19,24H,2-11,14H2,1H3. The summed E-state index contributed by atoms with van der Waals surface area (Å²) in [5.74, 6) is 1.23. The molecule has 3 rings (SSSR count). The van der Waals surface area contributed by atoms with E-state index in [9.17, 15) is 5.11 Å². The Morgan fingerprint density at radius 2 is 1.79 bits per heavy atom. The quantitative estimate of drug-likeness (QED) is 0.791. The predicted octanol–water partition coefficient (Wildman–Crippen LogP) is 1.26. The van der Waals surface area contributed by atoms with Gasteiger partial charge >= 0.3 is 0 Å². The number of aliphatic hydroxyl groups excluding tert-OH is 1. The van der Waals surface area contributed by atoms with Crippen molar-refractivity contribution in [3.05, 3.63) is 18.0 Å². The molecule has 2 fully saturated rings. The van der Waals surface area contributed by atoms with Crippen LogP contribution in [0.25, 0.3) is 0 Å². The van der Waals surface area contributed by atoms with Gasteiger partial charge in [-0.2, -0.15) is 0 Å². The van der Waals surface area contributed by atoms with Crippen molar-refractivity contribution < 1.29 is 5.11 Å². The SMILES string of the molecule is CN1CCN(c2ncc(CNC3CCCCCC3CO)cn2)CC1. The summed E-state index contributed by atoms with van der Waals surface area (Å²) in [7, 11) is 2.15. The van der Waals surface area contributed by atoms with Crippen molar-refractivity contribution in [2.24, 2.45) is 5.92 Å². The molecule has 0 bridgehead atoms. The minimum atomic E-state index is 0.288. The van der Waals surface area contributed by atoms with Crippen LogP contribution in [0.4, 0.5) is 5.95 Å². The normalized spacial score (nSPS) is 26.3. The highest BCUT2D eigenvalue weighted by molar-refractivity contribution is 5.30. The molecule has 2 atom stereocenters. The maximum atomic E-state index is 9.61. The smallest absolute Gasteiger partial charge is 0.225 e. The lowest BCUT2D eigenvalue weighted by Crippen LogP contribution is -2.45. The van der Waals surface area contributed by atoms with E-state index < -0.39 is 0 Å². The molecular formula is C18H31N5O. The molecule has 2 N–H and O–H groups in total. The number of nitrogens with one attached hydrogen (secondary N) is 1. The molecule has 0 spiro atoms. The third kappa shape index (κ3) is 4.65. The van der Waals surface area contributed by atoms with Crippen molar-refractivity contribution in [1.29, 1.82) is 0 Å². The van der Waals surface area contributed by atoms with Crippen LogP contribution in [0.3, 0.4) is 0 Å². The van der Waals surface area contributed by atoms with Gasteiger partial charge in [0.1, 0.15) is 0 Å². The second-order valence-electron chi connectivity index (χ2n) is 7.25. The highest BCUT2D eigenvalue weighted by atomic mass is 16.3. The topological polar surface area (TPSA) is 64.5 Å². The first-order valence-electron chi connectivity index (χ1n) is 9.35. The molecule has 6 nitrogen and oxygen atoms in total. The van der Waals surface area contributed by atoms with E-state index in [1.54, 1.807) is 0 Å². The molecule has 1 saturated carbocycles. The van der Waals surface area contributed by atoms with E-state index in [0.29, 0.717) is 12.0 Å². The summed E-state index contributed by atoms with van der Waals surface area (Å²) in [5, 5.41) is 13.2. The number of rotatable bonds is 5. The summed E-state index contributed by atoms with van der Waals surface area (Å²) in [5.41, 5.74) is 1.12. The number of aromatic nitrogens is 2. The van der Waals surface area contributed by atoms with E-state index in [1.165, 1.54) is 19.3 Å². The second kappa shape index (κ2) is 8.74. The highest BCUT2D eigenvalue weighted by Gasteiger charge is 2.22. The van der Waals surface area contributed by atoms with Crippen LogP contribution in [0.2, 0.25) is 0 Å². The molecule has 1 aliphatic heterocycles. The fourth-order valence-electron chi connectivity index (χ4n) is 3.73. The first kappa shape index (κ1) is 17.6. The molecular weight excluding hydrogens is 302 g/mol. The van der Waals surface area contributed by atoms with Crippen molar-refractivity contribution in [3.8, 4) is 0 Å². The van der Waals surface area contributed by atoms with Gasteiger partial charge in [-0.3, -0.25) is 0 Å². The Morgan fingerprint density at radius 3 is 2.50 bits per heavy atom. The van der Waals surface area contributed by atoms with Gasteiger partial charge in [0.2, 0.25) is 5.95 Å². The van der Waals surface area contributed by atoms with E-state index in [0.717, 1.165) is 57.1 Å². The van der Waals surface area contributed by atoms with Crippen LogP contribution in [0.15, 0.2) is 12.4 Å². The number of piperazine rings is 1. The summed E-state index contributed by atoms with van der Waals surface area (Å²) in [6.45, 7) is 5.19. The number of anilines is 1. The Bertz CT molecular complexity index is 487. The van der Waals surface area contributed by atoms with Gasteiger partial charge < -0.3 is 20.2 Å². The van der Waals surface area contributed by atoms with Crippen LogP contribution in [0.1, 0.15) is 37.7 Å². The summed E-state index contributed by atoms with van der Waals surface area (Å²) < 4.78 is 0. The second-order valence-corrected chi connectivity index (χ2v) is 7.25. The molecule has 6 heteroatoms. The van der Waals surface area contributed by atoms with Gasteiger partial charge in [0.25, 0.3) is 0 Å². The number of nitrogens with zero attached hydrogens (tertiary/aromatic N) is 4. The Hall–Kier alpha value is -1.24. The van der Waals surface area contributed by atoms with Gasteiger partial charge in [0.15, 0.2) is 0 Å². The Balaban J connectivity index is 1.52. The van der Waals surface area contributed by atoms with Crippen LogP contribution >= 0.6 is 0 Å². The average molecular weight is 333 g/mol. The van der Waals surface area contributed by atoms with Gasteiger partial charge in [-0.1, -0.05) is 19.3 Å². The molecule has 2 unspecified atom stereocenters. The third-order valence-corrected chi connectivity index (χ3v) is 5.44. The molecule has 2 heterocycles. The largest absolute Gasteiger partial charge is 0.396 e.